The first kappa shape index (κ1) is 28.1. The van der Waals surface area contributed by atoms with Gasteiger partial charge in [0.1, 0.15) is 5.82 Å². The van der Waals surface area contributed by atoms with Crippen molar-refractivity contribution in [2.75, 3.05) is 16.0 Å². The van der Waals surface area contributed by atoms with Gasteiger partial charge in [-0.05, 0) is 54.7 Å². The van der Waals surface area contributed by atoms with Gasteiger partial charge in [0.2, 0.25) is 11.0 Å². The number of aromatic nitrogens is 2. The monoisotopic (exact) mass is 586 g/mol. The number of aryl methyl sites for hydroxylation is 1. The molecule has 2 aliphatic rings. The van der Waals surface area contributed by atoms with E-state index in [0.29, 0.717) is 45.6 Å². The molecule has 0 fully saturated rings. The second-order valence-corrected chi connectivity index (χ2v) is 11.7. The molecular formula is C29H26N6O4S2. The number of nitriles is 1. The van der Waals surface area contributed by atoms with E-state index in [1.165, 1.54) is 47.4 Å². The number of anilines is 2. The molecule has 0 radical (unpaired) electrons. The van der Waals surface area contributed by atoms with Gasteiger partial charge in [-0.1, -0.05) is 54.3 Å². The van der Waals surface area contributed by atoms with Crippen LogP contribution in [0.5, 0.6) is 0 Å². The van der Waals surface area contributed by atoms with Gasteiger partial charge in [0.25, 0.3) is 0 Å². The maximum absolute atomic E-state index is 13.3. The van der Waals surface area contributed by atoms with Crippen molar-refractivity contribution in [3.05, 3.63) is 87.9 Å². The molecule has 1 aliphatic carbocycles. The van der Waals surface area contributed by atoms with Crippen molar-refractivity contribution in [1.82, 2.24) is 10.2 Å². The Labute approximate surface area is 244 Å². The van der Waals surface area contributed by atoms with Crippen molar-refractivity contribution in [1.29, 1.82) is 5.26 Å². The summed E-state index contributed by atoms with van der Waals surface area (Å²) in [6, 6.07) is 16.1. The van der Waals surface area contributed by atoms with Crippen LogP contribution in [0.15, 0.2) is 75.5 Å². The normalized spacial score (nSPS) is 16.8. The number of carboxylic acids is 1. The number of carboxylic acid groups (broad SMARTS) is 1. The van der Waals surface area contributed by atoms with Crippen LogP contribution in [-0.4, -0.2) is 38.7 Å². The Kier molecular flexibility index (Phi) is 8.19. The van der Waals surface area contributed by atoms with Crippen LogP contribution < -0.4 is 16.0 Å². The first-order valence-corrected chi connectivity index (χ1v) is 14.7. The van der Waals surface area contributed by atoms with Crippen molar-refractivity contribution in [3.63, 3.8) is 0 Å². The molecule has 10 nitrogen and oxygen atoms in total. The molecule has 0 saturated carbocycles. The average Bonchev–Trinajstić information content (AvgIpc) is 3.44. The van der Waals surface area contributed by atoms with Crippen LogP contribution in [0.3, 0.4) is 0 Å². The van der Waals surface area contributed by atoms with Gasteiger partial charge in [0, 0.05) is 23.4 Å². The highest BCUT2D eigenvalue weighted by atomic mass is 32.2. The molecule has 0 bridgehead atoms. The predicted molar refractivity (Wildman–Crippen MR) is 156 cm³/mol. The fourth-order valence-electron chi connectivity index (χ4n) is 4.96. The van der Waals surface area contributed by atoms with Gasteiger partial charge in [-0.3, -0.25) is 14.5 Å². The van der Waals surface area contributed by atoms with Crippen LogP contribution in [0.4, 0.5) is 10.8 Å². The Morgan fingerprint density at radius 1 is 1.17 bits per heavy atom. The molecule has 1 unspecified atom stereocenters. The molecule has 5 rings (SSSR count). The molecule has 0 saturated heterocycles. The number of hydrogen-bond donors (Lipinski definition) is 3. The molecule has 1 amide bonds. The minimum Gasteiger partial charge on any atom is -0.478 e. The van der Waals surface area contributed by atoms with Crippen LogP contribution in [-0.2, 0) is 16.0 Å². The SMILES string of the molecule is CCc1ccc(C2C(C#N)=C(N)N(c3nnc(SCC(=O)Nc4ccc(C(=O)O)cc4)s3)C3=C2C(=O)CCC3)cc1. The summed E-state index contributed by atoms with van der Waals surface area (Å²) in [5, 5.41) is 30.9. The Balaban J connectivity index is 1.38. The number of carbonyl (C=O) groups excluding carboxylic acids is 2. The summed E-state index contributed by atoms with van der Waals surface area (Å²) in [5.41, 5.74) is 10.8. The summed E-state index contributed by atoms with van der Waals surface area (Å²) in [6.45, 7) is 2.07. The third-order valence-corrected chi connectivity index (χ3v) is 9.01. The third-order valence-electron chi connectivity index (χ3n) is 6.96. The fraction of sp³-hybridized carbons (Fsp3) is 0.241. The van der Waals surface area contributed by atoms with Gasteiger partial charge in [-0.2, -0.15) is 5.26 Å². The lowest BCUT2D eigenvalue weighted by Gasteiger charge is -2.38. The molecule has 1 atom stereocenters. The van der Waals surface area contributed by atoms with E-state index in [4.69, 9.17) is 10.8 Å². The van der Waals surface area contributed by atoms with Gasteiger partial charge in [-0.15, -0.1) is 10.2 Å². The Morgan fingerprint density at radius 2 is 1.90 bits per heavy atom. The zero-order valence-corrected chi connectivity index (χ0v) is 23.7. The van der Waals surface area contributed by atoms with Crippen molar-refractivity contribution < 1.29 is 19.5 Å². The summed E-state index contributed by atoms with van der Waals surface area (Å²) in [7, 11) is 0. The molecule has 1 aliphatic heterocycles. The van der Waals surface area contributed by atoms with E-state index in [9.17, 15) is 19.6 Å². The zero-order valence-electron chi connectivity index (χ0n) is 22.1. The lowest BCUT2D eigenvalue weighted by Crippen LogP contribution is -2.38. The second kappa shape index (κ2) is 12.0. The lowest BCUT2D eigenvalue weighted by molar-refractivity contribution is -0.116. The summed E-state index contributed by atoms with van der Waals surface area (Å²) in [4.78, 5) is 38.5. The smallest absolute Gasteiger partial charge is 0.335 e. The van der Waals surface area contributed by atoms with Crippen molar-refractivity contribution in [2.24, 2.45) is 5.73 Å². The van der Waals surface area contributed by atoms with E-state index in [0.717, 1.165) is 23.2 Å². The number of thioether (sulfide) groups is 1. The van der Waals surface area contributed by atoms with Gasteiger partial charge in [0.15, 0.2) is 10.1 Å². The standard InChI is InChI=1S/C29H26N6O4S2/c1-2-16-6-8-17(9-7-16)24-20(14-30)26(31)35(21-4-3-5-22(36)25(21)24)28-33-34-29(41-28)40-15-23(37)32-19-12-10-18(11-13-19)27(38)39/h6-13,24H,2-5,15,31H2,1H3,(H,32,37)(H,38,39). The lowest BCUT2D eigenvalue weighted by atomic mass is 9.75. The third kappa shape index (κ3) is 5.73. The first-order chi connectivity index (χ1) is 19.8. The number of carbonyl (C=O) groups is 3. The fourth-order valence-corrected chi connectivity index (χ4v) is 6.64. The van der Waals surface area contributed by atoms with Gasteiger partial charge >= 0.3 is 5.97 Å². The summed E-state index contributed by atoms with van der Waals surface area (Å²) < 4.78 is 0.518. The number of allylic oxidation sites excluding steroid dienone is 3. The van der Waals surface area contributed by atoms with Crippen LogP contribution in [0.25, 0.3) is 0 Å². The van der Waals surface area contributed by atoms with E-state index in [1.54, 1.807) is 4.90 Å². The number of aromatic carboxylic acids is 1. The quantitative estimate of drug-likeness (QED) is 0.312. The highest BCUT2D eigenvalue weighted by molar-refractivity contribution is 8.01. The zero-order chi connectivity index (χ0) is 29.1. The summed E-state index contributed by atoms with van der Waals surface area (Å²) in [5.74, 6) is -1.61. The van der Waals surface area contributed by atoms with Crippen molar-refractivity contribution >= 4 is 51.6 Å². The number of nitrogens with zero attached hydrogens (tertiary/aromatic N) is 4. The molecular weight excluding hydrogens is 560 g/mol. The molecule has 12 heteroatoms. The second-order valence-electron chi connectivity index (χ2n) is 9.48. The van der Waals surface area contributed by atoms with Crippen molar-refractivity contribution in [2.45, 2.75) is 42.9 Å². The molecule has 3 aromatic rings. The number of amides is 1. The number of hydrogen-bond acceptors (Lipinski definition) is 10. The van der Waals surface area contributed by atoms with E-state index < -0.39 is 11.9 Å². The Bertz CT molecular complexity index is 1620. The molecule has 2 aromatic carbocycles. The van der Waals surface area contributed by atoms with E-state index >= 15 is 0 Å². The summed E-state index contributed by atoms with van der Waals surface area (Å²) >= 11 is 2.41. The molecule has 2 heterocycles. The van der Waals surface area contributed by atoms with Crippen LogP contribution in [0.2, 0.25) is 0 Å². The minimum atomic E-state index is -1.04. The summed E-state index contributed by atoms with van der Waals surface area (Å²) in [6.07, 6.45) is 2.56. The van der Waals surface area contributed by atoms with Gasteiger partial charge in [0.05, 0.1) is 28.9 Å². The number of nitrogens with two attached hydrogens (primary N) is 1. The number of benzene rings is 2. The molecule has 208 valence electrons. The maximum atomic E-state index is 13.3. The molecule has 0 spiro atoms. The topological polar surface area (TPSA) is 162 Å². The highest BCUT2D eigenvalue weighted by Crippen LogP contribution is 2.47. The highest BCUT2D eigenvalue weighted by Gasteiger charge is 2.41. The maximum Gasteiger partial charge on any atom is 0.335 e. The van der Waals surface area contributed by atoms with Gasteiger partial charge in [-0.25, -0.2) is 4.79 Å². The largest absolute Gasteiger partial charge is 0.478 e. The van der Waals surface area contributed by atoms with Gasteiger partial charge < -0.3 is 16.2 Å². The molecule has 1 aromatic heterocycles. The van der Waals surface area contributed by atoms with Crippen LogP contribution >= 0.6 is 23.1 Å². The first-order valence-electron chi connectivity index (χ1n) is 12.9. The average molecular weight is 587 g/mol. The number of ketones is 1. The molecule has 4 N–H and O–H groups in total. The predicted octanol–water partition coefficient (Wildman–Crippen LogP) is 4.83. The Hall–Kier alpha value is -4.47. The number of rotatable bonds is 8. The number of Topliss-reactive ketones (excluding diaryl/α,β-unsaturated/α-hetero) is 1. The number of nitrogens with one attached hydrogen (secondary N) is 1. The van der Waals surface area contributed by atoms with Crippen molar-refractivity contribution in [3.8, 4) is 6.07 Å². The van der Waals surface area contributed by atoms with E-state index in [2.05, 4.69) is 28.5 Å². The minimum absolute atomic E-state index is 0.00626. The van der Waals surface area contributed by atoms with Crippen LogP contribution in [0, 0.1) is 11.3 Å². The molecule has 41 heavy (non-hydrogen) atoms. The van der Waals surface area contributed by atoms with Crippen LogP contribution in [0.1, 0.15) is 53.6 Å². The Morgan fingerprint density at radius 3 is 2.56 bits per heavy atom. The van der Waals surface area contributed by atoms with E-state index in [1.807, 2.05) is 24.3 Å². The van der Waals surface area contributed by atoms with E-state index in [-0.39, 0.29) is 28.8 Å².